The molecule has 2 heterocycles. The molecule has 0 aromatic heterocycles. The van der Waals surface area contributed by atoms with Crippen molar-refractivity contribution in [1.29, 1.82) is 0 Å². The molecule has 0 unspecified atom stereocenters. The van der Waals surface area contributed by atoms with Crippen LogP contribution in [-0.2, 0) is 19.2 Å². The summed E-state index contributed by atoms with van der Waals surface area (Å²) in [5.41, 5.74) is 3.61. The molecule has 4 aromatic rings. The molecule has 2 saturated heterocycles. The van der Waals surface area contributed by atoms with Gasteiger partial charge in [-0.15, -0.1) is 0 Å². The van der Waals surface area contributed by atoms with Gasteiger partial charge in [0, 0.05) is 70.4 Å². The van der Waals surface area contributed by atoms with E-state index in [1.165, 1.54) is 23.9 Å². The number of carboxylic acid groups (broad SMARTS) is 2. The maximum atomic E-state index is 13.4. The van der Waals surface area contributed by atoms with E-state index in [4.69, 9.17) is 55.9 Å². The van der Waals surface area contributed by atoms with E-state index in [-0.39, 0.29) is 31.9 Å². The molecule has 0 saturated carbocycles. The van der Waals surface area contributed by atoms with E-state index in [9.17, 15) is 29.4 Å². The monoisotopic (exact) mass is 924 g/mol. The minimum atomic E-state index is -0.859. The van der Waals surface area contributed by atoms with E-state index in [2.05, 4.69) is 0 Å². The number of carbonyl (C=O) groups excluding carboxylic acids is 2. The van der Waals surface area contributed by atoms with Crippen molar-refractivity contribution in [2.24, 2.45) is 11.8 Å². The fourth-order valence-electron chi connectivity index (χ4n) is 7.43. The molecule has 0 spiro atoms. The third-order valence-corrected chi connectivity index (χ3v) is 13.8. The first-order valence-electron chi connectivity index (χ1n) is 19.9. The zero-order valence-corrected chi connectivity index (χ0v) is 37.3. The van der Waals surface area contributed by atoms with Crippen molar-refractivity contribution < 1.29 is 38.9 Å². The molecule has 320 valence electrons. The lowest BCUT2D eigenvalue weighted by atomic mass is 9.96. The molecule has 6 rings (SSSR count). The molecule has 0 atom stereocenters. The zero-order chi connectivity index (χ0) is 43.8. The van der Waals surface area contributed by atoms with Gasteiger partial charge in [-0.1, -0.05) is 94.6 Å². The second-order valence-corrected chi connectivity index (χ2v) is 17.0. The maximum absolute atomic E-state index is 13.4. The molecule has 0 radical (unpaired) electrons. The lowest BCUT2D eigenvalue weighted by Gasteiger charge is -2.29. The molecular formula is C46H44Cl4N2O8S. The number of carbonyl (C=O) groups is 4. The Bertz CT molecular complexity index is 2210. The second-order valence-electron chi connectivity index (χ2n) is 14.4. The number of carboxylic acids is 2. The van der Waals surface area contributed by atoms with Crippen molar-refractivity contribution in [2.75, 3.05) is 39.4 Å². The van der Waals surface area contributed by atoms with E-state index in [0.717, 1.165) is 0 Å². The fourth-order valence-corrected chi connectivity index (χ4v) is 9.59. The predicted octanol–water partition coefficient (Wildman–Crippen LogP) is 11.3. The third-order valence-electron chi connectivity index (χ3n) is 10.7. The molecule has 0 bridgehead atoms. The van der Waals surface area contributed by atoms with Crippen LogP contribution in [0, 0.1) is 11.8 Å². The Morgan fingerprint density at radius 1 is 0.607 bits per heavy atom. The summed E-state index contributed by atoms with van der Waals surface area (Å²) in [7, 11) is 0. The second kappa shape index (κ2) is 20.9. The highest BCUT2D eigenvalue weighted by atomic mass is 35.5. The van der Waals surface area contributed by atoms with Crippen molar-refractivity contribution >= 4 is 94.1 Å². The van der Waals surface area contributed by atoms with Gasteiger partial charge in [0.2, 0.25) is 11.8 Å². The van der Waals surface area contributed by atoms with Crippen molar-refractivity contribution in [3.05, 3.63) is 104 Å². The van der Waals surface area contributed by atoms with Gasteiger partial charge in [-0.05, 0) is 87.1 Å². The van der Waals surface area contributed by atoms with Gasteiger partial charge in [0.25, 0.3) is 0 Å². The number of hydrogen-bond donors (Lipinski definition) is 2. The molecule has 2 amide bonds. The number of ether oxygens (including phenoxy) is 2. The number of rotatable bonds is 14. The summed E-state index contributed by atoms with van der Waals surface area (Å²) in [6.45, 7) is 5.84. The minimum Gasteiger partial charge on any atom is -0.493 e. The van der Waals surface area contributed by atoms with Crippen LogP contribution in [0.15, 0.2) is 82.6 Å². The Labute approximate surface area is 379 Å². The van der Waals surface area contributed by atoms with Crippen LogP contribution >= 0.6 is 58.2 Å². The fraction of sp³-hybridized carbons (Fsp3) is 0.304. The molecule has 2 fully saturated rings. The van der Waals surface area contributed by atoms with Gasteiger partial charge in [0.15, 0.2) is 0 Å². The van der Waals surface area contributed by atoms with Gasteiger partial charge in [0.1, 0.15) is 11.5 Å². The molecule has 4 aromatic carbocycles. The van der Waals surface area contributed by atoms with E-state index in [0.29, 0.717) is 120 Å². The van der Waals surface area contributed by atoms with Crippen molar-refractivity contribution in [3.8, 4) is 33.8 Å². The number of benzene rings is 4. The number of nitrogens with zero attached hydrogens (tertiary/aromatic N) is 2. The molecular weight excluding hydrogens is 882 g/mol. The Kier molecular flexibility index (Phi) is 15.7. The molecule has 2 aliphatic rings. The molecule has 2 N–H and O–H groups in total. The van der Waals surface area contributed by atoms with Gasteiger partial charge in [-0.2, -0.15) is 0 Å². The molecule has 61 heavy (non-hydrogen) atoms. The highest BCUT2D eigenvalue weighted by Gasteiger charge is 2.28. The van der Waals surface area contributed by atoms with Crippen LogP contribution in [0.2, 0.25) is 20.1 Å². The highest BCUT2D eigenvalue weighted by molar-refractivity contribution is 7.99. The first-order valence-corrected chi connectivity index (χ1v) is 22.2. The van der Waals surface area contributed by atoms with Crippen LogP contribution < -0.4 is 9.47 Å². The molecule has 15 heteroatoms. The number of piperidine rings is 2. The average Bonchev–Trinajstić information content (AvgIpc) is 3.26. The number of aliphatic carboxylic acids is 2. The Morgan fingerprint density at radius 3 is 1.31 bits per heavy atom. The first-order chi connectivity index (χ1) is 29.3. The van der Waals surface area contributed by atoms with E-state index in [1.54, 1.807) is 22.0 Å². The summed E-state index contributed by atoms with van der Waals surface area (Å²) in [5.74, 6) is -2.07. The number of amides is 2. The Morgan fingerprint density at radius 2 is 0.967 bits per heavy atom. The highest BCUT2D eigenvalue weighted by Crippen LogP contribution is 2.50. The van der Waals surface area contributed by atoms with Crippen LogP contribution in [0.1, 0.15) is 50.7 Å². The number of likely N-dealkylation sites (tertiary alicyclic amines) is 2. The summed E-state index contributed by atoms with van der Waals surface area (Å²) in [6.07, 6.45) is 7.57. The quantitative estimate of drug-likeness (QED) is 0.119. The van der Waals surface area contributed by atoms with Crippen LogP contribution in [0.25, 0.3) is 34.4 Å². The van der Waals surface area contributed by atoms with Crippen molar-refractivity contribution in [3.63, 3.8) is 0 Å². The zero-order valence-electron chi connectivity index (χ0n) is 33.5. The Hall–Kier alpha value is -4.65. The van der Waals surface area contributed by atoms with E-state index < -0.39 is 23.8 Å². The van der Waals surface area contributed by atoms with Gasteiger partial charge in [-0.3, -0.25) is 19.2 Å². The summed E-state index contributed by atoms with van der Waals surface area (Å²) in [5, 5.41) is 19.6. The molecule has 10 nitrogen and oxygen atoms in total. The van der Waals surface area contributed by atoms with Gasteiger partial charge in [0.05, 0.1) is 45.1 Å². The number of hydrogen-bond acceptors (Lipinski definition) is 7. The summed E-state index contributed by atoms with van der Waals surface area (Å²) < 4.78 is 12.0. The number of para-hydroxylation sites is 2. The summed E-state index contributed by atoms with van der Waals surface area (Å²) in [6, 6.07) is 18.6. The van der Waals surface area contributed by atoms with E-state index in [1.807, 2.05) is 74.5 Å². The lowest BCUT2D eigenvalue weighted by molar-refractivity contribution is -0.145. The van der Waals surface area contributed by atoms with E-state index >= 15 is 0 Å². The SMILES string of the molecule is CCOc1ccccc1-c1cc(Sc2cc(-c3ccccc3OCC)c(C=CC(=O)N3CCC(C(=O)O)CC3)c(Cl)c2Cl)c(Cl)c(Cl)c1C=CC(=O)N1CCC(C(=O)O)CC1. The first kappa shape index (κ1) is 45.9. The van der Waals surface area contributed by atoms with Crippen LogP contribution in [-0.4, -0.2) is 83.2 Å². The maximum Gasteiger partial charge on any atom is 0.306 e. The minimum absolute atomic E-state index is 0.177. The van der Waals surface area contributed by atoms with Crippen molar-refractivity contribution in [2.45, 2.75) is 49.3 Å². The summed E-state index contributed by atoms with van der Waals surface area (Å²) in [4.78, 5) is 54.0. The predicted molar refractivity (Wildman–Crippen MR) is 242 cm³/mol. The standard InChI is InChI=1S/C46H44Cl4N2O8S/c1-3-59-35-11-7-5-9-29(35)33-25-37(43(49)41(47)31(33)13-15-39(53)51-21-17-27(18-22-51)45(55)56)61-38-26-34(30-10-6-8-12-36(30)60-4-2)32(42(48)44(38)50)14-16-40(54)52-23-19-28(20-24-52)46(57)58/h5-16,25-28H,3-4,17-24H2,1-2H3,(H,55,56)(H,57,58). The normalized spacial score (nSPS) is 15.1. The van der Waals surface area contributed by atoms with Crippen LogP contribution in [0.4, 0.5) is 0 Å². The van der Waals surface area contributed by atoms with Crippen molar-refractivity contribution in [1.82, 2.24) is 9.80 Å². The average molecular weight is 927 g/mol. The van der Waals surface area contributed by atoms with Gasteiger partial charge in [-0.25, -0.2) is 0 Å². The van der Waals surface area contributed by atoms with Gasteiger partial charge >= 0.3 is 11.9 Å². The summed E-state index contributed by atoms with van der Waals surface area (Å²) >= 11 is 29.7. The smallest absolute Gasteiger partial charge is 0.306 e. The topological polar surface area (TPSA) is 134 Å². The largest absolute Gasteiger partial charge is 0.493 e. The lowest BCUT2D eigenvalue weighted by Crippen LogP contribution is -2.39. The van der Waals surface area contributed by atoms with Crippen LogP contribution in [0.5, 0.6) is 11.5 Å². The molecule has 2 aliphatic heterocycles. The van der Waals surface area contributed by atoms with Gasteiger partial charge < -0.3 is 29.5 Å². The molecule has 0 aliphatic carbocycles. The van der Waals surface area contributed by atoms with Crippen LogP contribution in [0.3, 0.4) is 0 Å². The Balaban J connectivity index is 1.42. The third kappa shape index (κ3) is 10.7. The number of halogens is 4.